The maximum absolute atomic E-state index is 13.6. The molecule has 0 heterocycles. The molecule has 32 heavy (non-hydrogen) atoms. The lowest BCUT2D eigenvalue weighted by atomic mass is 9.95. The summed E-state index contributed by atoms with van der Waals surface area (Å²) < 4.78 is 0. The van der Waals surface area contributed by atoms with Crippen molar-refractivity contribution in [1.29, 1.82) is 0 Å². The van der Waals surface area contributed by atoms with Crippen molar-refractivity contribution < 1.29 is 9.59 Å². The SMILES string of the molecule is CCC(C(=O)NC1CCCCC1)N(Cc1ccccc1C)C(=O)Cc1ccc(C)c(C)c1. The Kier molecular flexibility index (Phi) is 8.49. The molecule has 0 saturated heterocycles. The van der Waals surface area contributed by atoms with Gasteiger partial charge in [-0.05, 0) is 67.9 Å². The zero-order valence-electron chi connectivity index (χ0n) is 20.1. The third kappa shape index (κ3) is 6.21. The molecular weight excluding hydrogens is 396 g/mol. The third-order valence-electron chi connectivity index (χ3n) is 6.87. The Bertz CT molecular complexity index is 931. The molecule has 2 aromatic rings. The molecule has 1 unspecified atom stereocenters. The minimum Gasteiger partial charge on any atom is -0.352 e. The Balaban J connectivity index is 1.83. The van der Waals surface area contributed by atoms with Crippen LogP contribution in [0.2, 0.25) is 0 Å². The second-order valence-electron chi connectivity index (χ2n) is 9.31. The average molecular weight is 435 g/mol. The Morgan fingerprint density at radius 2 is 1.69 bits per heavy atom. The van der Waals surface area contributed by atoms with Gasteiger partial charge in [0.2, 0.25) is 11.8 Å². The van der Waals surface area contributed by atoms with Crippen molar-refractivity contribution >= 4 is 11.8 Å². The molecule has 1 aliphatic carbocycles. The summed E-state index contributed by atoms with van der Waals surface area (Å²) >= 11 is 0. The van der Waals surface area contributed by atoms with Gasteiger partial charge in [-0.1, -0.05) is 68.7 Å². The van der Waals surface area contributed by atoms with Crippen LogP contribution >= 0.6 is 0 Å². The summed E-state index contributed by atoms with van der Waals surface area (Å²) in [5, 5.41) is 3.25. The molecule has 0 radical (unpaired) electrons. The first-order valence-electron chi connectivity index (χ1n) is 12.1. The zero-order chi connectivity index (χ0) is 23.1. The molecule has 1 aliphatic rings. The van der Waals surface area contributed by atoms with Crippen LogP contribution in [0.4, 0.5) is 0 Å². The maximum Gasteiger partial charge on any atom is 0.243 e. The maximum atomic E-state index is 13.6. The first-order chi connectivity index (χ1) is 15.4. The highest BCUT2D eigenvalue weighted by Gasteiger charge is 2.30. The van der Waals surface area contributed by atoms with E-state index in [4.69, 9.17) is 0 Å². The second kappa shape index (κ2) is 11.3. The number of rotatable bonds is 8. The van der Waals surface area contributed by atoms with Crippen LogP contribution in [-0.2, 0) is 22.6 Å². The van der Waals surface area contributed by atoms with E-state index in [1.807, 2.05) is 25.1 Å². The van der Waals surface area contributed by atoms with Crippen molar-refractivity contribution in [1.82, 2.24) is 10.2 Å². The molecule has 4 nitrogen and oxygen atoms in total. The molecule has 0 aromatic heterocycles. The molecule has 0 aliphatic heterocycles. The van der Waals surface area contributed by atoms with Gasteiger partial charge >= 0.3 is 0 Å². The van der Waals surface area contributed by atoms with E-state index in [-0.39, 0.29) is 17.9 Å². The molecular formula is C28H38N2O2. The molecule has 1 fully saturated rings. The van der Waals surface area contributed by atoms with Crippen LogP contribution in [0.25, 0.3) is 0 Å². The van der Waals surface area contributed by atoms with Crippen molar-refractivity contribution in [2.45, 2.75) is 91.3 Å². The fraction of sp³-hybridized carbons (Fsp3) is 0.500. The molecule has 172 valence electrons. The lowest BCUT2D eigenvalue weighted by molar-refractivity contribution is -0.141. The number of nitrogens with one attached hydrogen (secondary N) is 1. The van der Waals surface area contributed by atoms with E-state index < -0.39 is 6.04 Å². The standard InChI is InChI=1S/C28H38N2O2/c1-5-26(28(32)29-25-13-7-6-8-14-25)30(19-24-12-10-9-11-21(24)3)27(31)18-23-16-15-20(2)22(4)17-23/h9-12,15-17,25-26H,5-8,13-14,18-19H2,1-4H3,(H,29,32). The van der Waals surface area contributed by atoms with Gasteiger partial charge < -0.3 is 10.2 Å². The lowest BCUT2D eigenvalue weighted by Crippen LogP contribution is -2.52. The van der Waals surface area contributed by atoms with E-state index >= 15 is 0 Å². The number of hydrogen-bond donors (Lipinski definition) is 1. The van der Waals surface area contributed by atoms with Gasteiger partial charge in [-0.25, -0.2) is 0 Å². The van der Waals surface area contributed by atoms with Gasteiger partial charge in [0, 0.05) is 12.6 Å². The molecule has 1 atom stereocenters. The summed E-state index contributed by atoms with van der Waals surface area (Å²) in [6.07, 6.45) is 6.56. The number of nitrogens with zero attached hydrogens (tertiary/aromatic N) is 1. The fourth-order valence-electron chi connectivity index (χ4n) is 4.62. The topological polar surface area (TPSA) is 49.4 Å². The van der Waals surface area contributed by atoms with E-state index in [2.05, 4.69) is 50.4 Å². The summed E-state index contributed by atoms with van der Waals surface area (Å²) in [7, 11) is 0. The minimum atomic E-state index is -0.462. The first kappa shape index (κ1) is 24.0. The van der Waals surface area contributed by atoms with Crippen LogP contribution in [0.1, 0.15) is 73.3 Å². The monoisotopic (exact) mass is 434 g/mol. The van der Waals surface area contributed by atoms with Gasteiger partial charge in [-0.3, -0.25) is 9.59 Å². The van der Waals surface area contributed by atoms with Crippen molar-refractivity contribution in [3.05, 3.63) is 70.3 Å². The predicted molar refractivity (Wildman–Crippen MR) is 130 cm³/mol. The van der Waals surface area contributed by atoms with E-state index in [1.165, 1.54) is 30.4 Å². The summed E-state index contributed by atoms with van der Waals surface area (Å²) in [5.41, 5.74) is 5.62. The van der Waals surface area contributed by atoms with Crippen LogP contribution in [0.3, 0.4) is 0 Å². The number of hydrogen-bond acceptors (Lipinski definition) is 2. The first-order valence-corrected chi connectivity index (χ1v) is 12.1. The van der Waals surface area contributed by atoms with E-state index in [0.717, 1.165) is 29.5 Å². The number of aryl methyl sites for hydroxylation is 3. The Hall–Kier alpha value is -2.62. The van der Waals surface area contributed by atoms with Gasteiger partial charge in [0.1, 0.15) is 6.04 Å². The molecule has 1 N–H and O–H groups in total. The number of benzene rings is 2. The highest BCUT2D eigenvalue weighted by Crippen LogP contribution is 2.21. The number of carbonyl (C=O) groups is 2. The van der Waals surface area contributed by atoms with Crippen molar-refractivity contribution in [3.8, 4) is 0 Å². The zero-order valence-corrected chi connectivity index (χ0v) is 20.1. The number of carbonyl (C=O) groups excluding carboxylic acids is 2. The summed E-state index contributed by atoms with van der Waals surface area (Å²) in [4.78, 5) is 28.7. The smallest absolute Gasteiger partial charge is 0.243 e. The van der Waals surface area contributed by atoms with E-state index in [0.29, 0.717) is 19.4 Å². The minimum absolute atomic E-state index is 0.00199. The van der Waals surface area contributed by atoms with Crippen LogP contribution in [0, 0.1) is 20.8 Å². The van der Waals surface area contributed by atoms with Crippen LogP contribution in [0.15, 0.2) is 42.5 Å². The average Bonchev–Trinajstić information content (AvgIpc) is 2.78. The van der Waals surface area contributed by atoms with Crippen LogP contribution in [-0.4, -0.2) is 28.8 Å². The highest BCUT2D eigenvalue weighted by atomic mass is 16.2. The van der Waals surface area contributed by atoms with Gasteiger partial charge in [-0.15, -0.1) is 0 Å². The van der Waals surface area contributed by atoms with Crippen molar-refractivity contribution in [3.63, 3.8) is 0 Å². The summed E-state index contributed by atoms with van der Waals surface area (Å²) in [6, 6.07) is 14.1. The Morgan fingerprint density at radius 1 is 0.969 bits per heavy atom. The van der Waals surface area contributed by atoms with Gasteiger partial charge in [0.05, 0.1) is 6.42 Å². The molecule has 1 saturated carbocycles. The second-order valence-corrected chi connectivity index (χ2v) is 9.31. The Morgan fingerprint density at radius 3 is 2.34 bits per heavy atom. The van der Waals surface area contributed by atoms with Crippen LogP contribution < -0.4 is 5.32 Å². The molecule has 4 heteroatoms. The molecule has 0 spiro atoms. The van der Waals surface area contributed by atoms with E-state index in [1.54, 1.807) is 4.90 Å². The number of amides is 2. The van der Waals surface area contributed by atoms with Gasteiger partial charge in [-0.2, -0.15) is 0 Å². The van der Waals surface area contributed by atoms with Gasteiger partial charge in [0.25, 0.3) is 0 Å². The summed E-state index contributed by atoms with van der Waals surface area (Å²) in [5.74, 6) is -0.0106. The van der Waals surface area contributed by atoms with Crippen molar-refractivity contribution in [2.75, 3.05) is 0 Å². The molecule has 2 aromatic carbocycles. The normalized spacial score (nSPS) is 15.2. The molecule has 0 bridgehead atoms. The molecule has 2 amide bonds. The highest BCUT2D eigenvalue weighted by molar-refractivity contribution is 5.88. The fourth-order valence-corrected chi connectivity index (χ4v) is 4.62. The van der Waals surface area contributed by atoms with E-state index in [9.17, 15) is 9.59 Å². The van der Waals surface area contributed by atoms with Gasteiger partial charge in [0.15, 0.2) is 0 Å². The Labute approximate surface area is 193 Å². The largest absolute Gasteiger partial charge is 0.352 e. The summed E-state index contributed by atoms with van der Waals surface area (Å²) in [6.45, 7) is 8.66. The third-order valence-corrected chi connectivity index (χ3v) is 6.87. The van der Waals surface area contributed by atoms with Crippen LogP contribution in [0.5, 0.6) is 0 Å². The van der Waals surface area contributed by atoms with Crippen molar-refractivity contribution in [2.24, 2.45) is 0 Å². The predicted octanol–water partition coefficient (Wildman–Crippen LogP) is 5.41. The quantitative estimate of drug-likeness (QED) is 0.604. The lowest BCUT2D eigenvalue weighted by Gasteiger charge is -2.33. The molecule has 3 rings (SSSR count).